The molecule has 110 valence electrons. The van der Waals surface area contributed by atoms with Crippen LogP contribution in [0.1, 0.15) is 32.6 Å². The van der Waals surface area contributed by atoms with Crippen molar-refractivity contribution in [1.82, 2.24) is 10.6 Å². The van der Waals surface area contributed by atoms with Crippen LogP contribution in [0.25, 0.3) is 0 Å². The molecule has 3 unspecified atom stereocenters. The van der Waals surface area contributed by atoms with E-state index in [2.05, 4.69) is 17.6 Å². The smallest absolute Gasteiger partial charge is 0.328 e. The molecule has 1 aliphatic carbocycles. The van der Waals surface area contributed by atoms with Crippen LogP contribution < -0.4 is 10.6 Å². The SMILES string of the molecule is COCC(NC(=O)NCC1CCCC(C)C1)C(=O)O. The van der Waals surface area contributed by atoms with Crippen molar-refractivity contribution in [2.24, 2.45) is 11.8 Å². The highest BCUT2D eigenvalue weighted by molar-refractivity contribution is 5.82. The van der Waals surface area contributed by atoms with E-state index in [0.717, 1.165) is 12.8 Å². The van der Waals surface area contributed by atoms with Crippen molar-refractivity contribution in [1.29, 1.82) is 0 Å². The summed E-state index contributed by atoms with van der Waals surface area (Å²) < 4.78 is 4.75. The van der Waals surface area contributed by atoms with Crippen LogP contribution in [-0.2, 0) is 9.53 Å². The first kappa shape index (κ1) is 15.8. The maximum absolute atomic E-state index is 11.6. The van der Waals surface area contributed by atoms with E-state index in [9.17, 15) is 9.59 Å². The number of carbonyl (C=O) groups excluding carboxylic acids is 1. The lowest BCUT2D eigenvalue weighted by atomic mass is 9.82. The van der Waals surface area contributed by atoms with Crippen LogP contribution in [0.5, 0.6) is 0 Å². The second kappa shape index (κ2) is 7.99. The number of aliphatic carboxylic acids is 1. The minimum atomic E-state index is -1.09. The first-order chi connectivity index (χ1) is 9.02. The third-order valence-electron chi connectivity index (χ3n) is 3.53. The number of hydrogen-bond donors (Lipinski definition) is 3. The number of carboxylic acids is 1. The van der Waals surface area contributed by atoms with Crippen LogP contribution in [0.4, 0.5) is 4.79 Å². The summed E-state index contributed by atoms with van der Waals surface area (Å²) in [7, 11) is 1.40. The summed E-state index contributed by atoms with van der Waals surface area (Å²) in [6, 6.07) is -1.45. The number of methoxy groups -OCH3 is 1. The van der Waals surface area contributed by atoms with Gasteiger partial charge in [-0.1, -0.05) is 19.8 Å². The Balaban J connectivity index is 2.28. The Morgan fingerprint density at radius 3 is 2.74 bits per heavy atom. The number of hydrogen-bond acceptors (Lipinski definition) is 3. The van der Waals surface area contributed by atoms with E-state index in [0.29, 0.717) is 18.4 Å². The first-order valence-corrected chi connectivity index (χ1v) is 6.79. The summed E-state index contributed by atoms with van der Waals surface area (Å²) in [5, 5.41) is 14.0. The van der Waals surface area contributed by atoms with Crippen LogP contribution in [-0.4, -0.2) is 43.4 Å². The van der Waals surface area contributed by atoms with Gasteiger partial charge in [-0.25, -0.2) is 9.59 Å². The first-order valence-electron chi connectivity index (χ1n) is 6.79. The normalized spacial score (nSPS) is 24.5. The molecule has 0 bridgehead atoms. The summed E-state index contributed by atoms with van der Waals surface area (Å²) in [4.78, 5) is 22.5. The van der Waals surface area contributed by atoms with Gasteiger partial charge in [-0.2, -0.15) is 0 Å². The monoisotopic (exact) mass is 272 g/mol. The van der Waals surface area contributed by atoms with Gasteiger partial charge in [-0.05, 0) is 24.7 Å². The standard InChI is InChI=1S/C13H24N2O4/c1-9-4-3-5-10(6-9)7-14-13(18)15-11(8-19-2)12(16)17/h9-11H,3-8H2,1-2H3,(H,16,17)(H2,14,15,18). The molecule has 6 heteroatoms. The lowest BCUT2D eigenvalue weighted by Gasteiger charge is -2.27. The number of urea groups is 1. The number of rotatable bonds is 6. The lowest BCUT2D eigenvalue weighted by Crippen LogP contribution is -2.49. The van der Waals surface area contributed by atoms with Gasteiger partial charge in [-0.15, -0.1) is 0 Å². The number of amides is 2. The number of carboxylic acid groups (broad SMARTS) is 1. The molecule has 0 aliphatic heterocycles. The molecule has 0 radical (unpaired) electrons. The summed E-state index contributed by atoms with van der Waals surface area (Å²) in [6.07, 6.45) is 4.72. The molecule has 1 fully saturated rings. The molecule has 0 aromatic rings. The zero-order chi connectivity index (χ0) is 14.3. The number of ether oxygens (including phenoxy) is 1. The van der Waals surface area contributed by atoms with E-state index in [1.54, 1.807) is 0 Å². The van der Waals surface area contributed by atoms with Gasteiger partial charge in [0.1, 0.15) is 0 Å². The van der Waals surface area contributed by atoms with Crippen molar-refractivity contribution in [3.8, 4) is 0 Å². The summed E-state index contributed by atoms with van der Waals surface area (Å²) >= 11 is 0. The molecule has 19 heavy (non-hydrogen) atoms. The molecule has 0 spiro atoms. The lowest BCUT2D eigenvalue weighted by molar-refractivity contribution is -0.140. The van der Waals surface area contributed by atoms with Gasteiger partial charge >= 0.3 is 12.0 Å². The predicted molar refractivity (Wildman–Crippen MR) is 71.0 cm³/mol. The molecule has 6 nitrogen and oxygen atoms in total. The minimum absolute atomic E-state index is 0.0385. The van der Waals surface area contributed by atoms with Gasteiger partial charge < -0.3 is 20.5 Å². The maximum atomic E-state index is 11.6. The van der Waals surface area contributed by atoms with Crippen LogP contribution in [0.15, 0.2) is 0 Å². The van der Waals surface area contributed by atoms with E-state index in [4.69, 9.17) is 9.84 Å². The number of carbonyl (C=O) groups is 2. The zero-order valence-electron chi connectivity index (χ0n) is 11.6. The molecule has 0 heterocycles. The van der Waals surface area contributed by atoms with Gasteiger partial charge in [0, 0.05) is 13.7 Å². The van der Waals surface area contributed by atoms with Gasteiger partial charge in [0.2, 0.25) is 0 Å². The minimum Gasteiger partial charge on any atom is -0.480 e. The Kier molecular flexibility index (Phi) is 6.62. The summed E-state index contributed by atoms with van der Waals surface area (Å²) in [5.41, 5.74) is 0. The van der Waals surface area contributed by atoms with Crippen molar-refractivity contribution in [2.75, 3.05) is 20.3 Å². The quantitative estimate of drug-likeness (QED) is 0.678. The molecule has 2 amide bonds. The highest BCUT2D eigenvalue weighted by Crippen LogP contribution is 2.27. The summed E-state index contributed by atoms with van der Waals surface area (Å²) in [6.45, 7) is 2.80. The van der Waals surface area contributed by atoms with Crippen molar-refractivity contribution < 1.29 is 19.4 Å². The highest BCUT2D eigenvalue weighted by atomic mass is 16.5. The maximum Gasteiger partial charge on any atom is 0.328 e. The van der Waals surface area contributed by atoms with Gasteiger partial charge in [-0.3, -0.25) is 0 Å². The van der Waals surface area contributed by atoms with Crippen LogP contribution >= 0.6 is 0 Å². The van der Waals surface area contributed by atoms with E-state index in [1.807, 2.05) is 0 Å². The Hall–Kier alpha value is -1.30. The van der Waals surface area contributed by atoms with E-state index in [1.165, 1.54) is 20.0 Å². The van der Waals surface area contributed by atoms with E-state index in [-0.39, 0.29) is 6.61 Å². The fourth-order valence-electron chi connectivity index (χ4n) is 2.53. The van der Waals surface area contributed by atoms with Crippen molar-refractivity contribution in [3.05, 3.63) is 0 Å². The Labute approximate surface area is 113 Å². The highest BCUT2D eigenvalue weighted by Gasteiger charge is 2.22. The molecule has 1 aliphatic rings. The molecular formula is C13H24N2O4. The number of nitrogens with one attached hydrogen (secondary N) is 2. The van der Waals surface area contributed by atoms with Crippen LogP contribution in [0, 0.1) is 11.8 Å². The van der Waals surface area contributed by atoms with E-state index < -0.39 is 18.0 Å². The molecule has 0 aromatic heterocycles. The third kappa shape index (κ3) is 5.92. The van der Waals surface area contributed by atoms with Crippen LogP contribution in [0.3, 0.4) is 0 Å². The molecule has 3 N–H and O–H groups in total. The van der Waals surface area contributed by atoms with Crippen molar-refractivity contribution >= 4 is 12.0 Å². The Morgan fingerprint density at radius 2 is 2.16 bits per heavy atom. The molecular weight excluding hydrogens is 248 g/mol. The average molecular weight is 272 g/mol. The summed E-state index contributed by atoms with van der Waals surface area (Å²) in [5.74, 6) is 0.118. The molecule has 0 aromatic carbocycles. The fourth-order valence-corrected chi connectivity index (χ4v) is 2.53. The Morgan fingerprint density at radius 1 is 1.42 bits per heavy atom. The fraction of sp³-hybridized carbons (Fsp3) is 0.846. The Bertz CT molecular complexity index is 309. The molecule has 0 saturated heterocycles. The topological polar surface area (TPSA) is 87.7 Å². The molecule has 1 saturated carbocycles. The van der Waals surface area contributed by atoms with Gasteiger partial charge in [0.15, 0.2) is 6.04 Å². The van der Waals surface area contributed by atoms with Gasteiger partial charge in [0.25, 0.3) is 0 Å². The van der Waals surface area contributed by atoms with Crippen molar-refractivity contribution in [2.45, 2.75) is 38.6 Å². The second-order valence-corrected chi connectivity index (χ2v) is 5.34. The molecule has 3 atom stereocenters. The second-order valence-electron chi connectivity index (χ2n) is 5.34. The largest absolute Gasteiger partial charge is 0.480 e. The van der Waals surface area contributed by atoms with Gasteiger partial charge in [0.05, 0.1) is 6.61 Å². The molecule has 1 rings (SSSR count). The van der Waals surface area contributed by atoms with Crippen LogP contribution in [0.2, 0.25) is 0 Å². The van der Waals surface area contributed by atoms with Crippen molar-refractivity contribution in [3.63, 3.8) is 0 Å². The van der Waals surface area contributed by atoms with E-state index >= 15 is 0 Å². The third-order valence-corrected chi connectivity index (χ3v) is 3.53. The zero-order valence-corrected chi connectivity index (χ0v) is 11.6. The predicted octanol–water partition coefficient (Wildman–Crippen LogP) is 1.21. The average Bonchev–Trinajstić information content (AvgIpc) is 2.36.